The fourth-order valence-electron chi connectivity index (χ4n) is 6.28. The number of aromatic nitrogens is 2. The smallest absolute Gasteiger partial charge is 0.258 e. The van der Waals surface area contributed by atoms with Gasteiger partial charge in [-0.25, -0.2) is 0 Å². The van der Waals surface area contributed by atoms with Crippen LogP contribution < -0.4 is 0 Å². The van der Waals surface area contributed by atoms with Crippen LogP contribution in [-0.2, 0) is 11.2 Å². The summed E-state index contributed by atoms with van der Waals surface area (Å²) < 4.78 is 5.74. The van der Waals surface area contributed by atoms with Gasteiger partial charge in [0.25, 0.3) is 5.89 Å². The minimum absolute atomic E-state index is 0.243. The third kappa shape index (κ3) is 4.42. The Morgan fingerprint density at radius 1 is 0.946 bits per heavy atom. The van der Waals surface area contributed by atoms with Crippen molar-refractivity contribution in [3.63, 3.8) is 0 Å². The molecule has 1 fully saturated rings. The van der Waals surface area contributed by atoms with E-state index >= 15 is 0 Å². The minimum Gasteiger partial charge on any atom is -0.334 e. The Bertz CT molecular complexity index is 1410. The molecule has 1 unspecified atom stereocenters. The van der Waals surface area contributed by atoms with Crippen molar-refractivity contribution >= 4 is 6.29 Å². The standard InChI is InChI=1S/C32H33N3O2/c1-20-14-26(15-21(2)30(20)23-8-5-4-6-9-23)32-33-31(34-37-32)25-12-13-28-24(18-25)10-7-11-29(28)35(3)27-16-22(17-27)19-36/h4-6,8-9,12-15,18-19,22,27,29H,7,10-11,16-17H2,1-3H3/t22-,27-,29?. The number of carbonyl (C=O) groups is 1. The molecule has 188 valence electrons. The van der Waals surface area contributed by atoms with Crippen LogP contribution in [0, 0.1) is 19.8 Å². The highest BCUT2D eigenvalue weighted by Gasteiger charge is 2.36. The van der Waals surface area contributed by atoms with Gasteiger partial charge in [-0.15, -0.1) is 0 Å². The Hall–Kier alpha value is -3.57. The van der Waals surface area contributed by atoms with E-state index < -0.39 is 0 Å². The first-order chi connectivity index (χ1) is 18.0. The lowest BCUT2D eigenvalue weighted by molar-refractivity contribution is -0.115. The summed E-state index contributed by atoms with van der Waals surface area (Å²) in [5.74, 6) is 1.42. The van der Waals surface area contributed by atoms with Crippen molar-refractivity contribution in [3.8, 4) is 34.0 Å². The zero-order valence-corrected chi connectivity index (χ0v) is 21.8. The lowest BCUT2D eigenvalue weighted by atomic mass is 9.78. The molecular weight excluding hydrogens is 458 g/mol. The van der Waals surface area contributed by atoms with Crippen molar-refractivity contribution in [2.45, 2.75) is 58.0 Å². The van der Waals surface area contributed by atoms with Gasteiger partial charge in [0.2, 0.25) is 5.82 Å². The van der Waals surface area contributed by atoms with E-state index in [-0.39, 0.29) is 5.92 Å². The zero-order valence-electron chi connectivity index (χ0n) is 21.8. The molecule has 37 heavy (non-hydrogen) atoms. The van der Waals surface area contributed by atoms with Gasteiger partial charge in [-0.3, -0.25) is 4.90 Å². The summed E-state index contributed by atoms with van der Waals surface area (Å²) in [6.45, 7) is 4.27. The second-order valence-electron chi connectivity index (χ2n) is 10.8. The van der Waals surface area contributed by atoms with E-state index in [2.05, 4.69) is 85.5 Å². The topological polar surface area (TPSA) is 59.2 Å². The molecule has 0 saturated heterocycles. The van der Waals surface area contributed by atoms with Crippen molar-refractivity contribution < 1.29 is 9.32 Å². The lowest BCUT2D eigenvalue weighted by Gasteiger charge is -2.44. The molecule has 0 N–H and O–H groups in total. The minimum atomic E-state index is 0.243. The number of benzene rings is 3. The van der Waals surface area contributed by atoms with Crippen molar-refractivity contribution in [3.05, 3.63) is 82.9 Å². The van der Waals surface area contributed by atoms with Crippen LogP contribution in [0.25, 0.3) is 34.0 Å². The van der Waals surface area contributed by atoms with Gasteiger partial charge < -0.3 is 9.32 Å². The normalized spacial score (nSPS) is 20.9. The molecule has 2 aliphatic carbocycles. The molecule has 1 aromatic heterocycles. The third-order valence-electron chi connectivity index (χ3n) is 8.36. The summed E-state index contributed by atoms with van der Waals surface area (Å²) in [7, 11) is 2.22. The van der Waals surface area contributed by atoms with Crippen molar-refractivity contribution in [1.29, 1.82) is 0 Å². The van der Waals surface area contributed by atoms with Gasteiger partial charge >= 0.3 is 0 Å². The third-order valence-corrected chi connectivity index (χ3v) is 8.36. The molecule has 0 bridgehead atoms. The van der Waals surface area contributed by atoms with E-state index in [1.807, 2.05) is 6.07 Å². The molecule has 0 radical (unpaired) electrons. The van der Waals surface area contributed by atoms with E-state index in [9.17, 15) is 4.79 Å². The van der Waals surface area contributed by atoms with Crippen LogP contribution in [0.2, 0.25) is 0 Å². The molecule has 0 amide bonds. The lowest BCUT2D eigenvalue weighted by Crippen LogP contribution is -2.45. The first-order valence-corrected chi connectivity index (χ1v) is 13.3. The summed E-state index contributed by atoms with van der Waals surface area (Å²) in [6, 6.07) is 22.3. The second kappa shape index (κ2) is 9.71. The molecule has 5 heteroatoms. The van der Waals surface area contributed by atoms with Crippen LogP contribution >= 0.6 is 0 Å². The van der Waals surface area contributed by atoms with E-state index in [4.69, 9.17) is 9.51 Å². The molecule has 5 nitrogen and oxygen atoms in total. The average Bonchev–Trinajstić information content (AvgIpc) is 3.38. The maximum absolute atomic E-state index is 11.1. The molecule has 6 rings (SSSR count). The van der Waals surface area contributed by atoms with Gasteiger partial charge in [0.05, 0.1) is 0 Å². The molecular formula is C32H33N3O2. The van der Waals surface area contributed by atoms with Crippen LogP contribution in [0.3, 0.4) is 0 Å². The van der Waals surface area contributed by atoms with Crippen LogP contribution in [0.15, 0.2) is 65.2 Å². The predicted octanol–water partition coefficient (Wildman–Crippen LogP) is 6.97. The Morgan fingerprint density at radius 2 is 1.70 bits per heavy atom. The van der Waals surface area contributed by atoms with Gasteiger partial charge in [-0.2, -0.15) is 4.98 Å². The maximum Gasteiger partial charge on any atom is 0.258 e. The summed E-state index contributed by atoms with van der Waals surface area (Å²) >= 11 is 0. The SMILES string of the molecule is Cc1cc(-c2nc(-c3ccc4c(c3)CCCC4N(C)[C@H]3C[C@H](C=O)C3)no2)cc(C)c1-c1ccccc1. The molecule has 3 aromatic carbocycles. The number of hydrogen-bond donors (Lipinski definition) is 0. The fraction of sp³-hybridized carbons (Fsp3) is 0.344. The second-order valence-corrected chi connectivity index (χ2v) is 10.8. The van der Waals surface area contributed by atoms with E-state index in [0.717, 1.165) is 43.1 Å². The number of carbonyl (C=O) groups excluding carboxylic acids is 1. The fourth-order valence-corrected chi connectivity index (χ4v) is 6.28. The van der Waals surface area contributed by atoms with Gasteiger partial charge in [0.1, 0.15) is 6.29 Å². The number of aldehydes is 1. The Labute approximate surface area is 218 Å². The van der Waals surface area contributed by atoms with Crippen LogP contribution in [0.4, 0.5) is 0 Å². The molecule has 4 aromatic rings. The number of aryl methyl sites for hydroxylation is 3. The first kappa shape index (κ1) is 23.8. The quantitative estimate of drug-likeness (QED) is 0.273. The Kier molecular flexibility index (Phi) is 6.25. The molecule has 1 atom stereocenters. The number of nitrogens with zero attached hydrogens (tertiary/aromatic N) is 3. The monoisotopic (exact) mass is 491 g/mol. The van der Waals surface area contributed by atoms with Gasteiger partial charge in [-0.1, -0.05) is 47.6 Å². The Balaban J connectivity index is 1.25. The van der Waals surface area contributed by atoms with E-state index in [1.54, 1.807) is 0 Å². The summed E-state index contributed by atoms with van der Waals surface area (Å²) in [6.07, 6.45) is 6.49. The van der Waals surface area contributed by atoms with Crippen molar-refractivity contribution in [1.82, 2.24) is 15.0 Å². The van der Waals surface area contributed by atoms with Gasteiger partial charge in [0.15, 0.2) is 0 Å². The highest BCUT2D eigenvalue weighted by Crippen LogP contribution is 2.41. The van der Waals surface area contributed by atoms with Crippen molar-refractivity contribution in [2.24, 2.45) is 5.92 Å². The number of hydrogen-bond acceptors (Lipinski definition) is 5. The van der Waals surface area contributed by atoms with E-state index in [0.29, 0.717) is 23.8 Å². The summed E-state index contributed by atoms with van der Waals surface area (Å²) in [5, 5.41) is 4.34. The largest absolute Gasteiger partial charge is 0.334 e. The molecule has 1 saturated carbocycles. The predicted molar refractivity (Wildman–Crippen MR) is 146 cm³/mol. The van der Waals surface area contributed by atoms with Crippen LogP contribution in [0.5, 0.6) is 0 Å². The number of fused-ring (bicyclic) bond motifs is 1. The molecule has 2 aliphatic rings. The molecule has 0 aliphatic heterocycles. The van der Waals surface area contributed by atoms with Crippen LogP contribution in [-0.4, -0.2) is 34.4 Å². The summed E-state index contributed by atoms with van der Waals surface area (Å²) in [4.78, 5) is 18.3. The van der Waals surface area contributed by atoms with Gasteiger partial charge in [-0.05, 0) is 105 Å². The zero-order chi connectivity index (χ0) is 25.5. The van der Waals surface area contributed by atoms with Crippen molar-refractivity contribution in [2.75, 3.05) is 7.05 Å². The van der Waals surface area contributed by atoms with Crippen LogP contribution in [0.1, 0.15) is 54.0 Å². The first-order valence-electron chi connectivity index (χ1n) is 13.3. The highest BCUT2D eigenvalue weighted by atomic mass is 16.5. The van der Waals surface area contributed by atoms with Gasteiger partial charge in [0, 0.05) is 29.1 Å². The molecule has 1 heterocycles. The molecule has 0 spiro atoms. The van der Waals surface area contributed by atoms with E-state index in [1.165, 1.54) is 39.8 Å². The average molecular weight is 492 g/mol. The summed E-state index contributed by atoms with van der Waals surface area (Å²) in [5.41, 5.74) is 9.57. The maximum atomic E-state index is 11.1. The number of rotatable bonds is 6. The Morgan fingerprint density at radius 3 is 2.43 bits per heavy atom. The highest BCUT2D eigenvalue weighted by molar-refractivity contribution is 5.75.